The van der Waals surface area contributed by atoms with Gasteiger partial charge in [-0.05, 0) is 39.7 Å². The number of unbranched alkanes of at least 4 members (excludes halogenated alkanes) is 1. The third-order valence-corrected chi connectivity index (χ3v) is 3.24. The van der Waals surface area contributed by atoms with E-state index in [-0.39, 0.29) is 24.0 Å². The molecule has 0 amide bonds. The molecular weight excluding hydrogens is 417 g/mol. The smallest absolute Gasteiger partial charge is 0.191 e. The minimum atomic E-state index is 0. The molecule has 0 heterocycles. The lowest BCUT2D eigenvalue weighted by Gasteiger charge is -2.12. The van der Waals surface area contributed by atoms with Gasteiger partial charge in [0.2, 0.25) is 0 Å². The molecule has 5 nitrogen and oxygen atoms in total. The number of benzene rings is 1. The van der Waals surface area contributed by atoms with Gasteiger partial charge in [0.25, 0.3) is 0 Å². The van der Waals surface area contributed by atoms with Gasteiger partial charge in [0.05, 0.1) is 13.2 Å². The molecule has 0 fully saturated rings. The van der Waals surface area contributed by atoms with E-state index in [0.717, 1.165) is 56.4 Å². The van der Waals surface area contributed by atoms with Gasteiger partial charge in [0, 0.05) is 31.9 Å². The summed E-state index contributed by atoms with van der Waals surface area (Å²) in [6, 6.07) is 8.05. The van der Waals surface area contributed by atoms with E-state index in [1.54, 1.807) is 0 Å². The maximum absolute atomic E-state index is 5.64. The van der Waals surface area contributed by atoms with E-state index in [1.807, 2.05) is 32.0 Å². The van der Waals surface area contributed by atoms with Crippen LogP contribution in [0.3, 0.4) is 0 Å². The molecule has 1 rings (SSSR count). The summed E-state index contributed by atoms with van der Waals surface area (Å²) in [6.45, 7) is 10.7. The third kappa shape index (κ3) is 9.97. The first-order chi connectivity index (χ1) is 11.3. The van der Waals surface area contributed by atoms with E-state index in [1.165, 1.54) is 0 Å². The molecule has 138 valence electrons. The van der Waals surface area contributed by atoms with Gasteiger partial charge in [-0.3, -0.25) is 0 Å². The lowest BCUT2D eigenvalue weighted by Crippen LogP contribution is -2.37. The number of nitrogens with one attached hydrogen (secondary N) is 2. The Labute approximate surface area is 163 Å². The standard InChI is InChI=1S/C18H31N3O2.HI/c1-4-19-18(20-13-9-10-14-22-5-2)21-15-16-11-7-8-12-17(16)23-6-3;/h7-8,11-12H,4-6,9-10,13-15H2,1-3H3,(H2,19,20,21);1H. The molecule has 0 saturated carbocycles. The van der Waals surface area contributed by atoms with Gasteiger partial charge in [-0.15, -0.1) is 24.0 Å². The Morgan fingerprint density at radius 1 is 1.04 bits per heavy atom. The van der Waals surface area contributed by atoms with Crippen LogP contribution in [-0.2, 0) is 11.3 Å². The molecule has 0 saturated heterocycles. The maximum atomic E-state index is 5.64. The van der Waals surface area contributed by atoms with E-state index in [4.69, 9.17) is 9.47 Å². The number of rotatable bonds is 11. The van der Waals surface area contributed by atoms with E-state index >= 15 is 0 Å². The molecular formula is C18H32IN3O2. The lowest BCUT2D eigenvalue weighted by molar-refractivity contribution is 0.143. The van der Waals surface area contributed by atoms with Gasteiger partial charge in [-0.1, -0.05) is 18.2 Å². The predicted molar refractivity (Wildman–Crippen MR) is 112 cm³/mol. The Bertz CT molecular complexity index is 456. The van der Waals surface area contributed by atoms with E-state index < -0.39 is 0 Å². The normalized spacial score (nSPS) is 10.9. The van der Waals surface area contributed by atoms with Crippen molar-refractivity contribution in [1.82, 2.24) is 10.6 Å². The minimum absolute atomic E-state index is 0. The van der Waals surface area contributed by atoms with Crippen LogP contribution < -0.4 is 15.4 Å². The molecule has 0 radical (unpaired) electrons. The van der Waals surface area contributed by atoms with Crippen LogP contribution in [0.5, 0.6) is 5.75 Å². The van der Waals surface area contributed by atoms with E-state index in [0.29, 0.717) is 13.2 Å². The summed E-state index contributed by atoms with van der Waals surface area (Å²) in [5.41, 5.74) is 1.10. The van der Waals surface area contributed by atoms with Gasteiger partial charge < -0.3 is 20.1 Å². The fraction of sp³-hybridized carbons (Fsp3) is 0.611. The van der Waals surface area contributed by atoms with Crippen LogP contribution in [0.4, 0.5) is 0 Å². The summed E-state index contributed by atoms with van der Waals surface area (Å²) >= 11 is 0. The second-order valence-corrected chi connectivity index (χ2v) is 5.07. The third-order valence-electron chi connectivity index (χ3n) is 3.24. The zero-order chi connectivity index (χ0) is 16.8. The number of para-hydroxylation sites is 1. The van der Waals surface area contributed by atoms with Gasteiger partial charge in [0.1, 0.15) is 5.75 Å². The zero-order valence-electron chi connectivity index (χ0n) is 15.1. The molecule has 0 aromatic heterocycles. The summed E-state index contributed by atoms with van der Waals surface area (Å²) < 4.78 is 11.0. The van der Waals surface area contributed by atoms with Crippen molar-refractivity contribution in [2.75, 3.05) is 32.9 Å². The Kier molecular flexibility index (Phi) is 14.8. The molecule has 2 N–H and O–H groups in total. The lowest BCUT2D eigenvalue weighted by atomic mass is 10.2. The van der Waals surface area contributed by atoms with Crippen LogP contribution in [0.15, 0.2) is 29.3 Å². The second-order valence-electron chi connectivity index (χ2n) is 5.07. The maximum Gasteiger partial charge on any atom is 0.191 e. The van der Waals surface area contributed by atoms with Crippen LogP contribution in [0.2, 0.25) is 0 Å². The minimum Gasteiger partial charge on any atom is -0.494 e. The quantitative estimate of drug-likeness (QED) is 0.235. The monoisotopic (exact) mass is 449 g/mol. The topological polar surface area (TPSA) is 54.9 Å². The number of hydrogen-bond donors (Lipinski definition) is 2. The number of halogens is 1. The van der Waals surface area contributed by atoms with Gasteiger partial charge in [0.15, 0.2) is 5.96 Å². The fourth-order valence-electron chi connectivity index (χ4n) is 2.12. The molecule has 0 aliphatic heterocycles. The first kappa shape index (κ1) is 23.0. The Hall–Kier alpha value is -1.02. The van der Waals surface area contributed by atoms with Crippen molar-refractivity contribution in [1.29, 1.82) is 0 Å². The predicted octanol–water partition coefficient (Wildman–Crippen LogP) is 3.58. The highest BCUT2D eigenvalue weighted by Gasteiger charge is 2.02. The van der Waals surface area contributed by atoms with E-state index in [9.17, 15) is 0 Å². The fourth-order valence-corrected chi connectivity index (χ4v) is 2.12. The molecule has 1 aromatic carbocycles. The van der Waals surface area contributed by atoms with Crippen molar-refractivity contribution >= 4 is 29.9 Å². The van der Waals surface area contributed by atoms with Crippen LogP contribution >= 0.6 is 24.0 Å². The van der Waals surface area contributed by atoms with E-state index in [2.05, 4.69) is 28.6 Å². The molecule has 0 aliphatic carbocycles. The van der Waals surface area contributed by atoms with Crippen LogP contribution in [0, 0.1) is 0 Å². The molecule has 0 bridgehead atoms. The first-order valence-electron chi connectivity index (χ1n) is 8.62. The van der Waals surface area contributed by atoms with Gasteiger partial charge >= 0.3 is 0 Å². The highest BCUT2D eigenvalue weighted by atomic mass is 127. The Morgan fingerprint density at radius 2 is 1.83 bits per heavy atom. The largest absolute Gasteiger partial charge is 0.494 e. The molecule has 0 atom stereocenters. The van der Waals surface area contributed by atoms with Crippen LogP contribution in [-0.4, -0.2) is 38.9 Å². The summed E-state index contributed by atoms with van der Waals surface area (Å²) in [6.07, 6.45) is 2.13. The molecule has 0 aliphatic rings. The average Bonchev–Trinajstić information content (AvgIpc) is 2.57. The van der Waals surface area contributed by atoms with Crippen molar-refractivity contribution < 1.29 is 9.47 Å². The summed E-state index contributed by atoms with van der Waals surface area (Å²) in [5, 5.41) is 6.64. The number of guanidine groups is 1. The molecule has 24 heavy (non-hydrogen) atoms. The van der Waals surface area contributed by atoms with Crippen molar-refractivity contribution in [3.8, 4) is 5.75 Å². The summed E-state index contributed by atoms with van der Waals surface area (Å²) in [7, 11) is 0. The molecule has 6 heteroatoms. The van der Waals surface area contributed by atoms with Crippen LogP contribution in [0.25, 0.3) is 0 Å². The second kappa shape index (κ2) is 15.5. The first-order valence-corrected chi connectivity index (χ1v) is 8.62. The highest BCUT2D eigenvalue weighted by molar-refractivity contribution is 14.0. The molecule has 0 unspecified atom stereocenters. The zero-order valence-corrected chi connectivity index (χ0v) is 17.5. The molecule has 0 spiro atoms. The summed E-state index contributed by atoms with van der Waals surface area (Å²) in [5.74, 6) is 1.75. The Balaban J connectivity index is 0.00000529. The van der Waals surface area contributed by atoms with Crippen molar-refractivity contribution in [3.63, 3.8) is 0 Å². The highest BCUT2D eigenvalue weighted by Crippen LogP contribution is 2.18. The summed E-state index contributed by atoms with van der Waals surface area (Å²) in [4.78, 5) is 4.64. The molecule has 1 aromatic rings. The number of ether oxygens (including phenoxy) is 2. The van der Waals surface area contributed by atoms with Gasteiger partial charge in [-0.25, -0.2) is 4.99 Å². The van der Waals surface area contributed by atoms with Gasteiger partial charge in [-0.2, -0.15) is 0 Å². The van der Waals surface area contributed by atoms with Crippen molar-refractivity contribution in [3.05, 3.63) is 29.8 Å². The SMILES string of the molecule is CCNC(=NCc1ccccc1OCC)NCCCCOCC.I. The van der Waals surface area contributed by atoms with Crippen LogP contribution in [0.1, 0.15) is 39.2 Å². The van der Waals surface area contributed by atoms with Crippen molar-refractivity contribution in [2.24, 2.45) is 4.99 Å². The average molecular weight is 449 g/mol. The number of nitrogens with zero attached hydrogens (tertiary/aromatic N) is 1. The number of aliphatic imine (C=N–C) groups is 1. The van der Waals surface area contributed by atoms with Crippen molar-refractivity contribution in [2.45, 2.75) is 40.2 Å². The number of hydrogen-bond acceptors (Lipinski definition) is 3. The Morgan fingerprint density at radius 3 is 2.54 bits per heavy atom.